The molecule has 0 saturated carbocycles. The van der Waals surface area contributed by atoms with E-state index in [1.54, 1.807) is 7.05 Å². The topological polar surface area (TPSA) is 62.7 Å². The monoisotopic (exact) mass is 309 g/mol. The molecule has 1 atom stereocenters. The summed E-state index contributed by atoms with van der Waals surface area (Å²) in [4.78, 5) is 16.6. The van der Waals surface area contributed by atoms with Crippen molar-refractivity contribution in [3.05, 3.63) is 60.2 Å². The molecule has 3 rings (SSSR count). The molecule has 0 aliphatic carbocycles. The Balaban J connectivity index is 1.61. The number of nitrogens with zero attached hydrogens (tertiary/aromatic N) is 1. The number of amides is 2. The van der Waals surface area contributed by atoms with E-state index in [9.17, 15) is 4.79 Å². The Hall–Kier alpha value is -2.82. The molecule has 0 radical (unpaired) electrons. The van der Waals surface area contributed by atoms with Crippen LogP contribution < -0.4 is 10.6 Å². The third-order valence-electron chi connectivity index (χ3n) is 3.78. The van der Waals surface area contributed by atoms with Crippen LogP contribution in [0.15, 0.2) is 59.8 Å². The lowest BCUT2D eigenvalue weighted by molar-refractivity contribution is 0.0866. The predicted molar refractivity (Wildman–Crippen MR) is 90.4 cm³/mol. The number of hydrogen-bond donors (Lipinski definition) is 2. The number of rotatable bonds is 4. The maximum Gasteiger partial charge on any atom is 0.314 e. The van der Waals surface area contributed by atoms with E-state index in [2.05, 4.69) is 52.2 Å². The van der Waals surface area contributed by atoms with Gasteiger partial charge in [-0.1, -0.05) is 59.8 Å². The maximum atomic E-state index is 11.2. The van der Waals surface area contributed by atoms with Gasteiger partial charge in [0.15, 0.2) is 6.10 Å². The number of hydrogen-bond acceptors (Lipinski definition) is 3. The lowest BCUT2D eigenvalue weighted by atomic mass is 10.0. The van der Waals surface area contributed by atoms with Crippen molar-refractivity contribution in [3.8, 4) is 11.1 Å². The zero-order valence-electron chi connectivity index (χ0n) is 13.0. The largest absolute Gasteiger partial charge is 0.390 e. The first-order chi connectivity index (χ1) is 11.3. The highest BCUT2D eigenvalue weighted by molar-refractivity contribution is 6.01. The summed E-state index contributed by atoms with van der Waals surface area (Å²) in [7, 11) is 1.58. The van der Waals surface area contributed by atoms with Crippen molar-refractivity contribution in [1.82, 2.24) is 10.6 Å². The molecule has 1 unspecified atom stereocenters. The lowest BCUT2D eigenvalue weighted by Crippen LogP contribution is -2.38. The Bertz CT molecular complexity index is 696. The van der Waals surface area contributed by atoms with Crippen LogP contribution in [-0.4, -0.2) is 31.4 Å². The lowest BCUT2D eigenvalue weighted by Gasteiger charge is -2.09. The van der Waals surface area contributed by atoms with E-state index in [1.165, 1.54) is 11.1 Å². The number of urea groups is 1. The van der Waals surface area contributed by atoms with Gasteiger partial charge in [0.25, 0.3) is 0 Å². The molecule has 2 aromatic carbocycles. The normalized spacial score (nSPS) is 16.4. The third kappa shape index (κ3) is 3.69. The van der Waals surface area contributed by atoms with Crippen LogP contribution in [0.5, 0.6) is 0 Å². The van der Waals surface area contributed by atoms with Crippen molar-refractivity contribution in [2.24, 2.45) is 5.16 Å². The molecule has 118 valence electrons. The van der Waals surface area contributed by atoms with Crippen LogP contribution in [-0.2, 0) is 4.84 Å². The summed E-state index contributed by atoms with van der Waals surface area (Å²) >= 11 is 0. The van der Waals surface area contributed by atoms with Gasteiger partial charge in [0.05, 0.1) is 12.3 Å². The summed E-state index contributed by atoms with van der Waals surface area (Å²) in [6.45, 7) is 0.439. The van der Waals surface area contributed by atoms with Crippen molar-refractivity contribution in [2.75, 3.05) is 13.6 Å². The minimum atomic E-state index is -0.214. The molecule has 1 heterocycles. The summed E-state index contributed by atoms with van der Waals surface area (Å²) in [6, 6.07) is 18.3. The molecular formula is C18H19N3O2. The summed E-state index contributed by atoms with van der Waals surface area (Å²) in [5.74, 6) is 0. The van der Waals surface area contributed by atoms with E-state index in [0.29, 0.717) is 13.0 Å². The van der Waals surface area contributed by atoms with Crippen LogP contribution in [0.2, 0.25) is 0 Å². The SMILES string of the molecule is CNC(=O)NCC1CC(c2ccc(-c3ccccc3)cc2)=NO1. The minimum absolute atomic E-state index is 0.115. The van der Waals surface area contributed by atoms with E-state index in [-0.39, 0.29) is 12.1 Å². The molecule has 1 aliphatic heterocycles. The van der Waals surface area contributed by atoms with Crippen LogP contribution in [0.25, 0.3) is 11.1 Å². The molecule has 23 heavy (non-hydrogen) atoms. The Kier molecular flexibility index (Phi) is 4.57. The first-order valence-electron chi connectivity index (χ1n) is 7.60. The second kappa shape index (κ2) is 6.96. The smallest absolute Gasteiger partial charge is 0.314 e. The molecule has 0 aromatic heterocycles. The molecule has 2 amide bonds. The standard InChI is InChI=1S/C18H19N3O2/c1-19-18(22)20-12-16-11-17(21-23-16)15-9-7-14(8-10-15)13-5-3-2-4-6-13/h2-10,16H,11-12H2,1H3,(H2,19,20,22). The number of oxime groups is 1. The molecular weight excluding hydrogens is 290 g/mol. The van der Waals surface area contributed by atoms with Gasteiger partial charge in [0.1, 0.15) is 0 Å². The van der Waals surface area contributed by atoms with Gasteiger partial charge in [-0.3, -0.25) is 0 Å². The Morgan fingerprint density at radius 1 is 1.09 bits per heavy atom. The number of carbonyl (C=O) groups is 1. The number of carbonyl (C=O) groups excluding carboxylic acids is 1. The van der Waals surface area contributed by atoms with Gasteiger partial charge in [-0.2, -0.15) is 0 Å². The Morgan fingerprint density at radius 3 is 2.43 bits per heavy atom. The summed E-state index contributed by atoms with van der Waals surface area (Å²) in [5, 5.41) is 9.38. The fraction of sp³-hybridized carbons (Fsp3) is 0.222. The fourth-order valence-electron chi connectivity index (χ4n) is 2.49. The van der Waals surface area contributed by atoms with Gasteiger partial charge < -0.3 is 15.5 Å². The van der Waals surface area contributed by atoms with Crippen LogP contribution >= 0.6 is 0 Å². The Morgan fingerprint density at radius 2 is 1.74 bits per heavy atom. The van der Waals surface area contributed by atoms with Gasteiger partial charge in [0.2, 0.25) is 0 Å². The van der Waals surface area contributed by atoms with E-state index < -0.39 is 0 Å². The highest BCUT2D eigenvalue weighted by atomic mass is 16.6. The van der Waals surface area contributed by atoms with Crippen molar-refractivity contribution in [1.29, 1.82) is 0 Å². The van der Waals surface area contributed by atoms with Crippen molar-refractivity contribution in [2.45, 2.75) is 12.5 Å². The van der Waals surface area contributed by atoms with Gasteiger partial charge >= 0.3 is 6.03 Å². The fourth-order valence-corrected chi connectivity index (χ4v) is 2.49. The van der Waals surface area contributed by atoms with Crippen LogP contribution in [0.3, 0.4) is 0 Å². The predicted octanol–water partition coefficient (Wildman–Crippen LogP) is 2.78. The van der Waals surface area contributed by atoms with Crippen LogP contribution in [0, 0.1) is 0 Å². The highest BCUT2D eigenvalue weighted by Crippen LogP contribution is 2.22. The molecule has 0 saturated heterocycles. The second-order valence-corrected chi connectivity index (χ2v) is 5.37. The summed E-state index contributed by atoms with van der Waals surface area (Å²) in [6.07, 6.45) is 0.574. The average molecular weight is 309 g/mol. The number of nitrogens with one attached hydrogen (secondary N) is 2. The van der Waals surface area contributed by atoms with E-state index >= 15 is 0 Å². The first-order valence-corrected chi connectivity index (χ1v) is 7.60. The van der Waals surface area contributed by atoms with Crippen molar-refractivity contribution < 1.29 is 9.63 Å². The molecule has 0 bridgehead atoms. The molecule has 2 aromatic rings. The second-order valence-electron chi connectivity index (χ2n) is 5.37. The van der Waals surface area contributed by atoms with Gasteiger partial charge in [-0.25, -0.2) is 4.79 Å². The van der Waals surface area contributed by atoms with Gasteiger partial charge in [0, 0.05) is 13.5 Å². The third-order valence-corrected chi connectivity index (χ3v) is 3.78. The summed E-state index contributed by atoms with van der Waals surface area (Å²) in [5.41, 5.74) is 4.32. The van der Waals surface area contributed by atoms with Gasteiger partial charge in [-0.15, -0.1) is 0 Å². The highest BCUT2D eigenvalue weighted by Gasteiger charge is 2.22. The number of benzene rings is 2. The Labute approximate surface area is 135 Å². The zero-order chi connectivity index (χ0) is 16.1. The average Bonchev–Trinajstić information content (AvgIpc) is 3.09. The van der Waals surface area contributed by atoms with Crippen molar-refractivity contribution in [3.63, 3.8) is 0 Å². The maximum absolute atomic E-state index is 11.2. The molecule has 1 aliphatic rings. The van der Waals surface area contributed by atoms with Crippen LogP contribution in [0.1, 0.15) is 12.0 Å². The molecule has 2 N–H and O–H groups in total. The quantitative estimate of drug-likeness (QED) is 0.912. The van der Waals surface area contributed by atoms with Gasteiger partial charge in [-0.05, 0) is 16.7 Å². The van der Waals surface area contributed by atoms with E-state index in [0.717, 1.165) is 11.3 Å². The van der Waals surface area contributed by atoms with E-state index in [4.69, 9.17) is 4.84 Å². The first kappa shape index (κ1) is 15.1. The molecule has 0 spiro atoms. The van der Waals surface area contributed by atoms with E-state index in [1.807, 2.05) is 18.2 Å². The molecule has 0 fully saturated rings. The zero-order valence-corrected chi connectivity index (χ0v) is 13.0. The van der Waals surface area contributed by atoms with Crippen LogP contribution in [0.4, 0.5) is 4.79 Å². The summed E-state index contributed by atoms with van der Waals surface area (Å²) < 4.78 is 0. The molecule has 5 heteroatoms. The van der Waals surface area contributed by atoms with Crippen molar-refractivity contribution >= 4 is 11.7 Å². The minimum Gasteiger partial charge on any atom is -0.390 e. The molecule has 5 nitrogen and oxygen atoms in total.